The van der Waals surface area contributed by atoms with E-state index in [9.17, 15) is 9.59 Å². The number of rotatable bonds is 8. The molecule has 0 heterocycles. The Labute approximate surface area is 89.2 Å². The van der Waals surface area contributed by atoms with Gasteiger partial charge in [0.25, 0.3) is 0 Å². The summed E-state index contributed by atoms with van der Waals surface area (Å²) < 4.78 is 0. The largest absolute Gasteiger partial charge is 0.480 e. The van der Waals surface area contributed by atoms with Gasteiger partial charge in [-0.2, -0.15) is 0 Å². The molecule has 1 atom stereocenters. The molecule has 0 aromatic rings. The maximum absolute atomic E-state index is 10.9. The minimum Gasteiger partial charge on any atom is -0.480 e. The third-order valence-electron chi connectivity index (χ3n) is 1.95. The molecular formula is C9H19N3O3. The Hall–Kier alpha value is -1.14. The van der Waals surface area contributed by atoms with Gasteiger partial charge in [0, 0.05) is 6.42 Å². The van der Waals surface area contributed by atoms with Gasteiger partial charge in [0.1, 0.15) is 6.04 Å². The van der Waals surface area contributed by atoms with E-state index in [0.29, 0.717) is 19.4 Å². The average molecular weight is 217 g/mol. The Balaban J connectivity index is 3.83. The molecule has 1 amide bonds. The number of hydrogen-bond acceptors (Lipinski definition) is 4. The van der Waals surface area contributed by atoms with Gasteiger partial charge in [-0.05, 0) is 25.8 Å². The number of carbonyl (C=O) groups excluding carboxylic acids is 1. The minimum absolute atomic E-state index is 0.222. The molecule has 0 bridgehead atoms. The van der Waals surface area contributed by atoms with Gasteiger partial charge in [-0.15, -0.1) is 0 Å². The summed E-state index contributed by atoms with van der Waals surface area (Å²) in [5.74, 6) is -1.19. The van der Waals surface area contributed by atoms with E-state index < -0.39 is 12.0 Å². The fourth-order valence-electron chi connectivity index (χ4n) is 1.01. The molecule has 0 radical (unpaired) electrons. The van der Waals surface area contributed by atoms with Crippen molar-refractivity contribution in [2.24, 2.45) is 5.73 Å². The zero-order valence-corrected chi connectivity index (χ0v) is 8.95. The Kier molecular flexibility index (Phi) is 7.57. The van der Waals surface area contributed by atoms with Crippen LogP contribution in [0.2, 0.25) is 0 Å². The smallest absolute Gasteiger partial charge is 0.322 e. The van der Waals surface area contributed by atoms with Crippen LogP contribution in [0.15, 0.2) is 0 Å². The van der Waals surface area contributed by atoms with Crippen LogP contribution in [0.1, 0.15) is 32.6 Å². The highest BCUT2D eigenvalue weighted by atomic mass is 16.4. The quantitative estimate of drug-likeness (QED) is 0.327. The number of unbranched alkanes of at least 4 members (excludes halogenated alkanes) is 1. The number of hydrazine groups is 1. The first-order chi connectivity index (χ1) is 7.11. The molecule has 0 saturated carbocycles. The fraction of sp³-hybridized carbons (Fsp3) is 0.778. The molecule has 0 aromatic carbocycles. The summed E-state index contributed by atoms with van der Waals surface area (Å²) in [6.45, 7) is 2.24. The van der Waals surface area contributed by atoms with Crippen molar-refractivity contribution in [1.29, 1.82) is 0 Å². The number of aliphatic carboxylic acids is 1. The summed E-state index contributed by atoms with van der Waals surface area (Å²) in [6.07, 6.45) is 2.29. The Morgan fingerprint density at radius 3 is 2.53 bits per heavy atom. The van der Waals surface area contributed by atoms with E-state index in [1.807, 2.05) is 0 Å². The molecule has 0 unspecified atom stereocenters. The third-order valence-corrected chi connectivity index (χ3v) is 1.95. The summed E-state index contributed by atoms with van der Waals surface area (Å²) in [4.78, 5) is 21.6. The highest BCUT2D eigenvalue weighted by Gasteiger charge is 2.16. The molecule has 0 rings (SSSR count). The third kappa shape index (κ3) is 6.87. The van der Waals surface area contributed by atoms with Crippen molar-refractivity contribution in [3.05, 3.63) is 0 Å². The normalized spacial score (nSPS) is 12.1. The maximum Gasteiger partial charge on any atom is 0.322 e. The highest BCUT2D eigenvalue weighted by molar-refractivity contribution is 5.77. The van der Waals surface area contributed by atoms with E-state index >= 15 is 0 Å². The van der Waals surface area contributed by atoms with Crippen molar-refractivity contribution in [1.82, 2.24) is 10.9 Å². The van der Waals surface area contributed by atoms with E-state index in [0.717, 1.165) is 12.8 Å². The van der Waals surface area contributed by atoms with Gasteiger partial charge in [0.15, 0.2) is 0 Å². The fourth-order valence-corrected chi connectivity index (χ4v) is 1.01. The Morgan fingerprint density at radius 1 is 1.40 bits per heavy atom. The van der Waals surface area contributed by atoms with E-state index in [1.54, 1.807) is 6.92 Å². The predicted octanol–water partition coefficient (Wildman–Crippen LogP) is -0.401. The van der Waals surface area contributed by atoms with Gasteiger partial charge in [-0.1, -0.05) is 6.92 Å². The first kappa shape index (κ1) is 13.9. The van der Waals surface area contributed by atoms with Gasteiger partial charge in [-0.25, -0.2) is 5.43 Å². The van der Waals surface area contributed by atoms with Crippen molar-refractivity contribution >= 4 is 11.9 Å². The molecule has 5 N–H and O–H groups in total. The van der Waals surface area contributed by atoms with Crippen LogP contribution in [0.5, 0.6) is 0 Å². The summed E-state index contributed by atoms with van der Waals surface area (Å²) in [6, 6.07) is -0.743. The van der Waals surface area contributed by atoms with Gasteiger partial charge >= 0.3 is 5.97 Å². The second-order valence-electron chi connectivity index (χ2n) is 3.22. The van der Waals surface area contributed by atoms with Crippen LogP contribution in [0, 0.1) is 0 Å². The first-order valence-electron chi connectivity index (χ1n) is 5.09. The van der Waals surface area contributed by atoms with E-state index in [-0.39, 0.29) is 5.91 Å². The number of carboxylic acid groups (broad SMARTS) is 1. The van der Waals surface area contributed by atoms with Crippen LogP contribution in [0.4, 0.5) is 0 Å². The topological polar surface area (TPSA) is 104 Å². The zero-order chi connectivity index (χ0) is 11.7. The second kappa shape index (κ2) is 8.19. The molecule has 0 saturated heterocycles. The van der Waals surface area contributed by atoms with Crippen LogP contribution < -0.4 is 16.6 Å². The summed E-state index contributed by atoms with van der Waals surface area (Å²) >= 11 is 0. The van der Waals surface area contributed by atoms with Crippen molar-refractivity contribution in [2.45, 2.75) is 38.6 Å². The number of nitrogens with one attached hydrogen (secondary N) is 2. The van der Waals surface area contributed by atoms with Crippen molar-refractivity contribution in [2.75, 3.05) is 6.54 Å². The van der Waals surface area contributed by atoms with Crippen molar-refractivity contribution in [3.8, 4) is 0 Å². The highest BCUT2D eigenvalue weighted by Crippen LogP contribution is 1.99. The van der Waals surface area contributed by atoms with Crippen LogP contribution >= 0.6 is 0 Å². The molecule has 15 heavy (non-hydrogen) atoms. The van der Waals surface area contributed by atoms with Crippen LogP contribution in [0.25, 0.3) is 0 Å². The molecular weight excluding hydrogens is 198 g/mol. The summed E-state index contributed by atoms with van der Waals surface area (Å²) in [7, 11) is 0. The van der Waals surface area contributed by atoms with Crippen LogP contribution in [-0.2, 0) is 9.59 Å². The lowest BCUT2D eigenvalue weighted by Crippen LogP contribution is -2.47. The molecule has 0 aliphatic heterocycles. The first-order valence-corrected chi connectivity index (χ1v) is 5.09. The van der Waals surface area contributed by atoms with Gasteiger partial charge in [0.2, 0.25) is 5.91 Å². The number of carboxylic acids is 1. The molecule has 0 spiro atoms. The molecule has 6 heteroatoms. The Morgan fingerprint density at radius 2 is 2.07 bits per heavy atom. The zero-order valence-electron chi connectivity index (χ0n) is 8.95. The number of amides is 1. The van der Waals surface area contributed by atoms with E-state index in [1.165, 1.54) is 0 Å². The lowest BCUT2D eigenvalue weighted by molar-refractivity contribution is -0.140. The number of hydrogen-bond donors (Lipinski definition) is 4. The lowest BCUT2D eigenvalue weighted by atomic mass is 10.1. The Bertz CT molecular complexity index is 209. The van der Waals surface area contributed by atoms with Gasteiger partial charge in [-0.3, -0.25) is 15.0 Å². The predicted molar refractivity (Wildman–Crippen MR) is 55.9 cm³/mol. The van der Waals surface area contributed by atoms with Crippen LogP contribution in [-0.4, -0.2) is 29.6 Å². The molecule has 88 valence electrons. The second-order valence-corrected chi connectivity index (χ2v) is 3.22. The number of carbonyl (C=O) groups is 2. The summed E-state index contributed by atoms with van der Waals surface area (Å²) in [5.41, 5.74) is 10.1. The van der Waals surface area contributed by atoms with E-state index in [4.69, 9.17) is 10.8 Å². The van der Waals surface area contributed by atoms with Crippen LogP contribution in [0.3, 0.4) is 0 Å². The standard InChI is InChI=1S/C9H19N3O3/c1-2-8(13)12-11-7(9(14)15)5-3-4-6-10/h7,11H,2-6,10H2,1H3,(H,12,13)(H,14,15)/t7-/m0/s1. The number of nitrogens with two attached hydrogens (primary N) is 1. The minimum atomic E-state index is -0.969. The van der Waals surface area contributed by atoms with Gasteiger partial charge < -0.3 is 10.8 Å². The van der Waals surface area contributed by atoms with Gasteiger partial charge in [0.05, 0.1) is 0 Å². The lowest BCUT2D eigenvalue weighted by Gasteiger charge is -2.14. The molecule has 0 fully saturated rings. The monoisotopic (exact) mass is 217 g/mol. The SMILES string of the molecule is CCC(=O)NN[C@@H](CCCCN)C(=O)O. The average Bonchev–Trinajstić information content (AvgIpc) is 2.22. The molecule has 0 aromatic heterocycles. The van der Waals surface area contributed by atoms with Crippen molar-refractivity contribution in [3.63, 3.8) is 0 Å². The maximum atomic E-state index is 10.9. The summed E-state index contributed by atoms with van der Waals surface area (Å²) in [5, 5.41) is 8.81. The molecule has 6 nitrogen and oxygen atoms in total. The molecule has 0 aliphatic rings. The van der Waals surface area contributed by atoms with Crippen molar-refractivity contribution < 1.29 is 14.7 Å². The van der Waals surface area contributed by atoms with E-state index in [2.05, 4.69) is 10.9 Å². The molecule has 0 aliphatic carbocycles.